The van der Waals surface area contributed by atoms with Crippen LogP contribution in [0.1, 0.15) is 42.3 Å². The number of allylic oxidation sites excluding steroid dienone is 2. The number of nitrogens with one attached hydrogen (secondary N) is 1. The van der Waals surface area contributed by atoms with E-state index in [2.05, 4.69) is 15.5 Å². The molecule has 1 aromatic carbocycles. The number of hydrogen-bond donors (Lipinski definition) is 1. The van der Waals surface area contributed by atoms with Crippen molar-refractivity contribution in [2.24, 2.45) is 4.99 Å². The summed E-state index contributed by atoms with van der Waals surface area (Å²) in [6, 6.07) is 9.26. The molecule has 1 aromatic heterocycles. The summed E-state index contributed by atoms with van der Waals surface area (Å²) in [5.74, 6) is 0.276. The van der Waals surface area contributed by atoms with Gasteiger partial charge in [-0.15, -0.1) is 0 Å². The Hall–Kier alpha value is -3.26. The number of benzene rings is 1. The van der Waals surface area contributed by atoms with Crippen molar-refractivity contribution in [3.63, 3.8) is 0 Å². The molecule has 0 spiro atoms. The maximum Gasteiger partial charge on any atom is 0.243 e. The smallest absolute Gasteiger partial charge is 0.243 e. The number of aromatic nitrogens is 1. The Morgan fingerprint density at radius 2 is 2.12 bits per heavy atom. The van der Waals surface area contributed by atoms with Gasteiger partial charge in [0.2, 0.25) is 11.8 Å². The van der Waals surface area contributed by atoms with Gasteiger partial charge in [-0.25, -0.2) is 0 Å². The quantitative estimate of drug-likeness (QED) is 0.607. The standard InChI is InChI=1S/C24H30N4O4/c1-4-19(15-25-16-31-3)20-9-7-18(8-10-20)14-26-24(30)22-6-5-11-28(22)23(29)13-21-12-17(2)27-32-21/h4,7-10,12,15,22H,5-6,11,13-14,16H2,1-3H3,(H,26,30)/b19-4+,25-15-. The van der Waals surface area contributed by atoms with E-state index < -0.39 is 6.04 Å². The van der Waals surface area contributed by atoms with Crippen molar-refractivity contribution in [1.82, 2.24) is 15.4 Å². The van der Waals surface area contributed by atoms with Crippen LogP contribution in [0.3, 0.4) is 0 Å². The average molecular weight is 439 g/mol. The van der Waals surface area contributed by atoms with Crippen LogP contribution in [0.2, 0.25) is 0 Å². The van der Waals surface area contributed by atoms with Gasteiger partial charge in [0.25, 0.3) is 0 Å². The Bertz CT molecular complexity index is 978. The molecule has 170 valence electrons. The normalized spacial score (nSPS) is 16.7. The van der Waals surface area contributed by atoms with E-state index in [9.17, 15) is 9.59 Å². The van der Waals surface area contributed by atoms with Crippen LogP contribution in [-0.2, 0) is 27.3 Å². The van der Waals surface area contributed by atoms with E-state index in [1.165, 1.54) is 0 Å². The van der Waals surface area contributed by atoms with Crippen LogP contribution in [0.15, 0.2) is 45.9 Å². The SMILES string of the molecule is C/C=C(\C=N/COC)c1ccc(CNC(=O)C2CCCN2C(=O)Cc2cc(C)no2)cc1. The summed E-state index contributed by atoms with van der Waals surface area (Å²) in [4.78, 5) is 31.3. The first-order valence-corrected chi connectivity index (χ1v) is 10.8. The molecule has 1 unspecified atom stereocenters. The van der Waals surface area contributed by atoms with E-state index >= 15 is 0 Å². The minimum Gasteiger partial charge on any atom is -0.363 e. The molecular weight excluding hydrogens is 408 g/mol. The van der Waals surface area contributed by atoms with Crippen molar-refractivity contribution in [3.8, 4) is 0 Å². The van der Waals surface area contributed by atoms with Crippen molar-refractivity contribution < 1.29 is 18.8 Å². The number of likely N-dealkylation sites (tertiary alicyclic amines) is 1. The second-order valence-electron chi connectivity index (χ2n) is 7.74. The molecule has 1 aliphatic heterocycles. The monoisotopic (exact) mass is 438 g/mol. The largest absolute Gasteiger partial charge is 0.363 e. The molecule has 1 aliphatic rings. The highest BCUT2D eigenvalue weighted by Crippen LogP contribution is 2.20. The van der Waals surface area contributed by atoms with Gasteiger partial charge in [-0.05, 0) is 43.4 Å². The van der Waals surface area contributed by atoms with E-state index in [0.29, 0.717) is 32.0 Å². The minimum absolute atomic E-state index is 0.114. The lowest BCUT2D eigenvalue weighted by molar-refractivity contribution is -0.138. The molecule has 0 aliphatic carbocycles. The summed E-state index contributed by atoms with van der Waals surface area (Å²) in [6.45, 7) is 5.07. The number of carbonyl (C=O) groups is 2. The fourth-order valence-corrected chi connectivity index (χ4v) is 3.74. The van der Waals surface area contributed by atoms with Crippen molar-refractivity contribution in [2.45, 2.75) is 45.7 Å². The minimum atomic E-state index is -0.447. The van der Waals surface area contributed by atoms with Crippen LogP contribution >= 0.6 is 0 Å². The lowest BCUT2D eigenvalue weighted by atomic mass is 10.0. The van der Waals surface area contributed by atoms with Gasteiger partial charge in [-0.2, -0.15) is 0 Å². The average Bonchev–Trinajstić information content (AvgIpc) is 3.45. The van der Waals surface area contributed by atoms with Crippen molar-refractivity contribution >= 4 is 23.6 Å². The Kier molecular flexibility index (Phi) is 8.33. The van der Waals surface area contributed by atoms with Crippen molar-refractivity contribution in [1.29, 1.82) is 0 Å². The third-order valence-electron chi connectivity index (χ3n) is 5.38. The Labute approximate surface area is 188 Å². The van der Waals surface area contributed by atoms with E-state index in [0.717, 1.165) is 28.8 Å². The summed E-state index contributed by atoms with van der Waals surface area (Å²) >= 11 is 0. The molecule has 8 nitrogen and oxygen atoms in total. The molecule has 8 heteroatoms. The van der Waals surface area contributed by atoms with Crippen molar-refractivity contribution in [2.75, 3.05) is 20.4 Å². The van der Waals surface area contributed by atoms with E-state index in [1.807, 2.05) is 44.2 Å². The number of carbonyl (C=O) groups excluding carboxylic acids is 2. The zero-order chi connectivity index (χ0) is 22.9. The molecule has 32 heavy (non-hydrogen) atoms. The molecule has 2 amide bonds. The van der Waals surface area contributed by atoms with Gasteiger partial charge in [0.15, 0.2) is 0 Å². The Balaban J connectivity index is 1.54. The van der Waals surface area contributed by atoms with E-state index in [4.69, 9.17) is 9.26 Å². The summed E-state index contributed by atoms with van der Waals surface area (Å²) in [5, 5.41) is 6.79. The highest BCUT2D eigenvalue weighted by atomic mass is 16.5. The molecule has 0 bridgehead atoms. The van der Waals surface area contributed by atoms with Gasteiger partial charge >= 0.3 is 0 Å². The second kappa shape index (κ2) is 11.4. The molecule has 1 saturated heterocycles. The predicted octanol–water partition coefficient (Wildman–Crippen LogP) is 2.91. The maximum absolute atomic E-state index is 12.8. The van der Waals surface area contributed by atoms with E-state index in [-0.39, 0.29) is 18.2 Å². The first-order chi connectivity index (χ1) is 15.5. The zero-order valence-corrected chi connectivity index (χ0v) is 18.8. The van der Waals surface area contributed by atoms with Crippen LogP contribution in [0, 0.1) is 6.92 Å². The number of amides is 2. The van der Waals surface area contributed by atoms with Crippen LogP contribution < -0.4 is 5.32 Å². The highest BCUT2D eigenvalue weighted by molar-refractivity contribution is 6.09. The van der Waals surface area contributed by atoms with Gasteiger partial charge in [0, 0.05) is 32.5 Å². The molecular formula is C24H30N4O4. The molecule has 1 atom stereocenters. The Morgan fingerprint density at radius 1 is 1.34 bits per heavy atom. The first-order valence-electron chi connectivity index (χ1n) is 10.8. The number of aliphatic imine (C=N–C) groups is 1. The lowest BCUT2D eigenvalue weighted by Crippen LogP contribution is -2.46. The fraction of sp³-hybridized carbons (Fsp3) is 0.417. The predicted molar refractivity (Wildman–Crippen MR) is 122 cm³/mol. The van der Waals surface area contributed by atoms with Gasteiger partial charge in [-0.1, -0.05) is 35.5 Å². The summed E-state index contributed by atoms with van der Waals surface area (Å²) in [5.41, 5.74) is 3.76. The fourth-order valence-electron chi connectivity index (χ4n) is 3.74. The molecule has 0 saturated carbocycles. The van der Waals surface area contributed by atoms with Crippen LogP contribution in [0.5, 0.6) is 0 Å². The van der Waals surface area contributed by atoms with Crippen molar-refractivity contribution in [3.05, 3.63) is 59.0 Å². The zero-order valence-electron chi connectivity index (χ0n) is 18.8. The molecule has 1 fully saturated rings. The third-order valence-corrected chi connectivity index (χ3v) is 5.38. The number of rotatable bonds is 9. The van der Waals surface area contributed by atoms with Crippen LogP contribution in [0.25, 0.3) is 5.57 Å². The molecule has 2 heterocycles. The summed E-state index contributed by atoms with van der Waals surface area (Å²) in [6.07, 6.45) is 5.36. The lowest BCUT2D eigenvalue weighted by Gasteiger charge is -2.23. The van der Waals surface area contributed by atoms with E-state index in [1.54, 1.807) is 24.3 Å². The molecule has 1 N–H and O–H groups in total. The molecule has 0 radical (unpaired) electrons. The van der Waals surface area contributed by atoms with Gasteiger partial charge < -0.3 is 19.5 Å². The molecule has 2 aromatic rings. The third kappa shape index (κ3) is 6.13. The van der Waals surface area contributed by atoms with Crippen LogP contribution in [-0.4, -0.2) is 54.5 Å². The maximum atomic E-state index is 12.8. The number of ether oxygens (including phenoxy) is 1. The number of methoxy groups -OCH3 is 1. The molecule has 3 rings (SSSR count). The van der Waals surface area contributed by atoms with Gasteiger partial charge in [-0.3, -0.25) is 14.6 Å². The van der Waals surface area contributed by atoms with Gasteiger partial charge in [0.1, 0.15) is 18.5 Å². The second-order valence-corrected chi connectivity index (χ2v) is 7.74. The summed E-state index contributed by atoms with van der Waals surface area (Å²) in [7, 11) is 1.61. The highest BCUT2D eigenvalue weighted by Gasteiger charge is 2.34. The van der Waals surface area contributed by atoms with Gasteiger partial charge in [0.05, 0.1) is 12.1 Å². The number of nitrogens with zero attached hydrogens (tertiary/aromatic N) is 3. The Morgan fingerprint density at radius 3 is 2.78 bits per heavy atom. The van der Waals surface area contributed by atoms with Crippen LogP contribution in [0.4, 0.5) is 0 Å². The number of aryl methyl sites for hydroxylation is 1. The summed E-state index contributed by atoms with van der Waals surface area (Å²) < 4.78 is 10.1. The first kappa shape index (κ1) is 23.4. The number of hydrogen-bond acceptors (Lipinski definition) is 6. The topological polar surface area (TPSA) is 97.0 Å².